The SMILES string of the molecule is C/C=C\C(=C/C)c1nc(-c2ccccc2)nc(-n2c3ccccc3c3cc(-c4ccc5c(c4)c(=O)oc4ccccc45)ccc32)n1. The van der Waals surface area contributed by atoms with Gasteiger partial charge in [-0.05, 0) is 60.7 Å². The summed E-state index contributed by atoms with van der Waals surface area (Å²) >= 11 is 0. The van der Waals surface area contributed by atoms with E-state index in [0.717, 1.165) is 54.8 Å². The number of allylic oxidation sites excluding steroid dienone is 4. The van der Waals surface area contributed by atoms with Crippen molar-refractivity contribution in [2.24, 2.45) is 0 Å². The van der Waals surface area contributed by atoms with Crippen LogP contribution < -0.4 is 5.63 Å². The van der Waals surface area contributed by atoms with E-state index in [1.165, 1.54) is 0 Å². The molecule has 5 aromatic carbocycles. The number of rotatable bonds is 5. The number of para-hydroxylation sites is 2. The van der Waals surface area contributed by atoms with Crippen molar-refractivity contribution in [3.05, 3.63) is 150 Å². The number of benzene rings is 5. The molecule has 8 aromatic rings. The number of fused-ring (bicyclic) bond motifs is 6. The first-order valence-electron chi connectivity index (χ1n) is 15.2. The highest BCUT2D eigenvalue weighted by atomic mass is 16.4. The fourth-order valence-electron chi connectivity index (χ4n) is 6.22. The molecule has 0 aliphatic heterocycles. The Morgan fingerprint density at radius 3 is 2.13 bits per heavy atom. The maximum atomic E-state index is 13.0. The molecule has 0 saturated carbocycles. The number of aromatic nitrogens is 4. The summed E-state index contributed by atoms with van der Waals surface area (Å²) in [6.45, 7) is 3.97. The molecular weight excluding hydrogens is 568 g/mol. The highest BCUT2D eigenvalue weighted by Crippen LogP contribution is 2.36. The summed E-state index contributed by atoms with van der Waals surface area (Å²) in [4.78, 5) is 27.9. The molecule has 6 heteroatoms. The molecule has 0 bridgehead atoms. The van der Waals surface area contributed by atoms with Gasteiger partial charge in [0, 0.05) is 27.3 Å². The third-order valence-electron chi connectivity index (χ3n) is 8.40. The Balaban J connectivity index is 1.35. The highest BCUT2D eigenvalue weighted by Gasteiger charge is 2.18. The van der Waals surface area contributed by atoms with E-state index in [2.05, 4.69) is 41.0 Å². The topological polar surface area (TPSA) is 73.8 Å². The van der Waals surface area contributed by atoms with Gasteiger partial charge in [0.2, 0.25) is 5.95 Å². The molecule has 0 fully saturated rings. The smallest absolute Gasteiger partial charge is 0.344 e. The first-order valence-corrected chi connectivity index (χ1v) is 15.2. The van der Waals surface area contributed by atoms with Crippen molar-refractivity contribution in [2.45, 2.75) is 13.8 Å². The predicted octanol–water partition coefficient (Wildman–Crippen LogP) is 9.54. The zero-order valence-electron chi connectivity index (χ0n) is 25.3. The summed E-state index contributed by atoms with van der Waals surface area (Å²) < 4.78 is 7.76. The van der Waals surface area contributed by atoms with Crippen molar-refractivity contribution in [1.82, 2.24) is 19.5 Å². The first kappa shape index (κ1) is 27.4. The van der Waals surface area contributed by atoms with Gasteiger partial charge in [0.05, 0.1) is 16.4 Å². The first-order chi connectivity index (χ1) is 22.6. The van der Waals surface area contributed by atoms with Gasteiger partial charge in [-0.25, -0.2) is 9.78 Å². The van der Waals surface area contributed by atoms with E-state index in [1.807, 2.05) is 111 Å². The van der Waals surface area contributed by atoms with E-state index < -0.39 is 0 Å². The Kier molecular flexibility index (Phi) is 6.61. The quantitative estimate of drug-likeness (QED) is 0.112. The van der Waals surface area contributed by atoms with Gasteiger partial charge in [0.15, 0.2) is 11.6 Å². The van der Waals surface area contributed by atoms with E-state index in [1.54, 1.807) is 0 Å². The Labute approximate surface area is 264 Å². The second kappa shape index (κ2) is 11.1. The van der Waals surface area contributed by atoms with Crippen molar-refractivity contribution in [3.63, 3.8) is 0 Å². The lowest BCUT2D eigenvalue weighted by molar-refractivity contribution is 0.569. The summed E-state index contributed by atoms with van der Waals surface area (Å²) in [7, 11) is 0. The lowest BCUT2D eigenvalue weighted by atomic mass is 9.99. The van der Waals surface area contributed by atoms with Crippen LogP contribution in [0.4, 0.5) is 0 Å². The number of nitrogens with zero attached hydrogens (tertiary/aromatic N) is 4. The standard InChI is InChI=1S/C40H28N4O2/c1-3-12-25(4-2)37-41-38(26-13-6-5-7-14-26)43-40(42-37)44-34-17-10-8-15-30(34)32-23-28(20-22-35(32)44)27-19-21-29-31-16-9-11-18-36(31)46-39(45)33(29)24-27/h3-24H,1-2H3/b12-3-,25-4+. The Morgan fingerprint density at radius 1 is 0.630 bits per heavy atom. The van der Waals surface area contributed by atoms with Crippen LogP contribution in [0.25, 0.3) is 77.6 Å². The fourth-order valence-corrected chi connectivity index (χ4v) is 6.22. The molecule has 3 heterocycles. The van der Waals surface area contributed by atoms with Gasteiger partial charge in [-0.15, -0.1) is 0 Å². The minimum absolute atomic E-state index is 0.341. The van der Waals surface area contributed by atoms with E-state index in [9.17, 15) is 4.79 Å². The van der Waals surface area contributed by atoms with Gasteiger partial charge < -0.3 is 4.42 Å². The molecule has 8 rings (SSSR count). The lowest BCUT2D eigenvalue weighted by Gasteiger charge is -2.11. The Bertz CT molecular complexity index is 2580. The van der Waals surface area contributed by atoms with Crippen LogP contribution in [0.2, 0.25) is 0 Å². The van der Waals surface area contributed by atoms with E-state index in [0.29, 0.717) is 28.6 Å². The van der Waals surface area contributed by atoms with Crippen LogP contribution >= 0.6 is 0 Å². The maximum Gasteiger partial charge on any atom is 0.344 e. The number of hydrogen-bond acceptors (Lipinski definition) is 5. The van der Waals surface area contributed by atoms with Crippen molar-refractivity contribution in [1.29, 1.82) is 0 Å². The lowest BCUT2D eigenvalue weighted by Crippen LogP contribution is -2.07. The minimum Gasteiger partial charge on any atom is -0.422 e. The molecule has 220 valence electrons. The third-order valence-corrected chi connectivity index (χ3v) is 8.40. The van der Waals surface area contributed by atoms with Crippen LogP contribution in [-0.4, -0.2) is 19.5 Å². The molecule has 0 spiro atoms. The summed E-state index contributed by atoms with van der Waals surface area (Å²) in [6.07, 6.45) is 6.01. The van der Waals surface area contributed by atoms with E-state index in [4.69, 9.17) is 19.4 Å². The zero-order valence-corrected chi connectivity index (χ0v) is 25.3. The average molecular weight is 597 g/mol. The van der Waals surface area contributed by atoms with Gasteiger partial charge in [0.25, 0.3) is 0 Å². The molecule has 0 aliphatic carbocycles. The summed E-state index contributed by atoms with van der Waals surface area (Å²) in [5.41, 5.74) is 5.98. The van der Waals surface area contributed by atoms with E-state index in [-0.39, 0.29) is 5.63 Å². The van der Waals surface area contributed by atoms with Crippen molar-refractivity contribution in [3.8, 4) is 28.5 Å². The van der Waals surface area contributed by atoms with Gasteiger partial charge in [-0.2, -0.15) is 9.97 Å². The van der Waals surface area contributed by atoms with Crippen LogP contribution in [-0.2, 0) is 0 Å². The molecule has 3 aromatic heterocycles. The fraction of sp³-hybridized carbons (Fsp3) is 0.0500. The molecule has 46 heavy (non-hydrogen) atoms. The predicted molar refractivity (Wildman–Crippen MR) is 187 cm³/mol. The van der Waals surface area contributed by atoms with Gasteiger partial charge in [0.1, 0.15) is 5.58 Å². The molecule has 0 aliphatic rings. The van der Waals surface area contributed by atoms with Crippen LogP contribution in [0.1, 0.15) is 19.7 Å². The van der Waals surface area contributed by atoms with Gasteiger partial charge >= 0.3 is 5.63 Å². The van der Waals surface area contributed by atoms with Crippen molar-refractivity contribution < 1.29 is 4.42 Å². The monoisotopic (exact) mass is 596 g/mol. The molecule has 0 unspecified atom stereocenters. The van der Waals surface area contributed by atoms with Crippen molar-refractivity contribution in [2.75, 3.05) is 0 Å². The zero-order chi connectivity index (χ0) is 31.2. The van der Waals surface area contributed by atoms with Crippen LogP contribution in [0, 0.1) is 0 Å². The minimum atomic E-state index is -0.341. The molecule has 0 amide bonds. The Morgan fingerprint density at radius 2 is 1.33 bits per heavy atom. The molecule has 0 N–H and O–H groups in total. The number of hydrogen-bond donors (Lipinski definition) is 0. The maximum absolute atomic E-state index is 13.0. The third kappa shape index (κ3) is 4.50. The molecule has 6 nitrogen and oxygen atoms in total. The second-order valence-electron chi connectivity index (χ2n) is 11.1. The Hall–Kier alpha value is -6.14. The average Bonchev–Trinajstić information content (AvgIpc) is 3.44. The summed E-state index contributed by atoms with van der Waals surface area (Å²) in [5, 5.41) is 4.50. The van der Waals surface area contributed by atoms with Crippen LogP contribution in [0.15, 0.2) is 143 Å². The van der Waals surface area contributed by atoms with Crippen LogP contribution in [0.5, 0.6) is 0 Å². The summed E-state index contributed by atoms with van der Waals surface area (Å²) in [5.74, 6) is 1.76. The molecule has 0 saturated heterocycles. The normalized spacial score (nSPS) is 12.3. The second-order valence-corrected chi connectivity index (χ2v) is 11.1. The molecule has 0 radical (unpaired) electrons. The highest BCUT2D eigenvalue weighted by molar-refractivity contribution is 6.11. The molecular formula is C40H28N4O2. The van der Waals surface area contributed by atoms with Crippen LogP contribution in [0.3, 0.4) is 0 Å². The van der Waals surface area contributed by atoms with Crippen molar-refractivity contribution >= 4 is 49.1 Å². The van der Waals surface area contributed by atoms with Gasteiger partial charge in [-0.3, -0.25) is 4.57 Å². The largest absolute Gasteiger partial charge is 0.422 e. The molecule has 0 atom stereocenters. The van der Waals surface area contributed by atoms with E-state index >= 15 is 0 Å². The van der Waals surface area contributed by atoms with Gasteiger partial charge in [-0.1, -0.05) is 103 Å². The summed E-state index contributed by atoms with van der Waals surface area (Å²) in [6, 6.07) is 38.3.